The third kappa shape index (κ3) is 2.27. The molecule has 1 unspecified atom stereocenters. The summed E-state index contributed by atoms with van der Waals surface area (Å²) < 4.78 is 10.3. The Morgan fingerprint density at radius 2 is 2.17 bits per heavy atom. The molecule has 1 aliphatic heterocycles. The molecule has 0 aromatic heterocycles. The SMILES string of the molecule is CC(Cc1ccc2c(c1B(O)O)OCO2)C(=O)O. The van der Waals surface area contributed by atoms with Gasteiger partial charge in [-0.1, -0.05) is 13.0 Å². The number of aliphatic carboxylic acids is 1. The van der Waals surface area contributed by atoms with Crippen molar-refractivity contribution in [2.75, 3.05) is 6.79 Å². The number of carbonyl (C=O) groups is 1. The van der Waals surface area contributed by atoms with E-state index in [2.05, 4.69) is 0 Å². The van der Waals surface area contributed by atoms with Crippen molar-refractivity contribution in [1.82, 2.24) is 0 Å². The van der Waals surface area contributed by atoms with Crippen LogP contribution in [-0.4, -0.2) is 35.0 Å². The van der Waals surface area contributed by atoms with E-state index in [1.54, 1.807) is 19.1 Å². The second-order valence-electron chi connectivity index (χ2n) is 4.19. The van der Waals surface area contributed by atoms with Crippen molar-refractivity contribution in [2.45, 2.75) is 13.3 Å². The third-order valence-corrected chi connectivity index (χ3v) is 2.87. The van der Waals surface area contributed by atoms with Crippen molar-refractivity contribution in [3.63, 3.8) is 0 Å². The first-order valence-corrected chi connectivity index (χ1v) is 5.51. The minimum atomic E-state index is -1.72. The van der Waals surface area contributed by atoms with E-state index in [1.807, 2.05) is 0 Å². The van der Waals surface area contributed by atoms with Crippen LogP contribution in [0.1, 0.15) is 12.5 Å². The molecule has 2 rings (SSSR count). The zero-order valence-electron chi connectivity index (χ0n) is 9.79. The fourth-order valence-electron chi connectivity index (χ4n) is 1.91. The van der Waals surface area contributed by atoms with Crippen LogP contribution in [0.2, 0.25) is 0 Å². The van der Waals surface area contributed by atoms with E-state index in [9.17, 15) is 14.8 Å². The van der Waals surface area contributed by atoms with Crippen molar-refractivity contribution >= 4 is 18.6 Å². The minimum absolute atomic E-state index is 0.0208. The number of carboxylic acids is 1. The summed E-state index contributed by atoms with van der Waals surface area (Å²) >= 11 is 0. The van der Waals surface area contributed by atoms with Gasteiger partial charge in [-0.3, -0.25) is 4.79 Å². The van der Waals surface area contributed by atoms with Crippen molar-refractivity contribution in [3.05, 3.63) is 17.7 Å². The molecule has 0 saturated carbocycles. The Morgan fingerprint density at radius 3 is 2.78 bits per heavy atom. The van der Waals surface area contributed by atoms with Gasteiger partial charge in [0.15, 0.2) is 11.5 Å². The van der Waals surface area contributed by atoms with E-state index in [-0.39, 0.29) is 24.4 Å². The van der Waals surface area contributed by atoms with Crippen molar-refractivity contribution in [3.8, 4) is 11.5 Å². The molecule has 0 spiro atoms. The second-order valence-corrected chi connectivity index (χ2v) is 4.19. The van der Waals surface area contributed by atoms with Crippen LogP contribution in [0.3, 0.4) is 0 Å². The Bertz CT molecular complexity index is 473. The Hall–Kier alpha value is -1.73. The maximum Gasteiger partial charge on any atom is 0.492 e. The molecule has 0 amide bonds. The Morgan fingerprint density at radius 1 is 1.44 bits per heavy atom. The van der Waals surface area contributed by atoms with E-state index >= 15 is 0 Å². The first-order chi connectivity index (χ1) is 8.50. The summed E-state index contributed by atoms with van der Waals surface area (Å²) in [5.41, 5.74) is 0.710. The van der Waals surface area contributed by atoms with Crippen LogP contribution in [0.15, 0.2) is 12.1 Å². The Balaban J connectivity index is 2.38. The van der Waals surface area contributed by atoms with Crippen LogP contribution in [0.5, 0.6) is 11.5 Å². The van der Waals surface area contributed by atoms with E-state index in [1.165, 1.54) is 0 Å². The highest BCUT2D eigenvalue weighted by Gasteiger charge is 2.29. The predicted molar refractivity (Wildman–Crippen MR) is 62.9 cm³/mol. The van der Waals surface area contributed by atoms with Crippen molar-refractivity contribution in [2.24, 2.45) is 5.92 Å². The topological polar surface area (TPSA) is 96.2 Å². The quantitative estimate of drug-likeness (QED) is 0.617. The number of fused-ring (bicyclic) bond motifs is 1. The molecule has 3 N–H and O–H groups in total. The first-order valence-electron chi connectivity index (χ1n) is 5.51. The number of hydrogen-bond acceptors (Lipinski definition) is 5. The van der Waals surface area contributed by atoms with Crippen LogP contribution < -0.4 is 14.9 Å². The van der Waals surface area contributed by atoms with Crippen LogP contribution in [0.25, 0.3) is 0 Å². The molecule has 1 aromatic rings. The Kier molecular flexibility index (Phi) is 3.44. The molecular formula is C11H13BO6. The number of benzene rings is 1. The molecule has 7 heteroatoms. The molecular weight excluding hydrogens is 239 g/mol. The average molecular weight is 252 g/mol. The van der Waals surface area contributed by atoms with Gasteiger partial charge in [0.2, 0.25) is 6.79 Å². The molecule has 0 bridgehead atoms. The van der Waals surface area contributed by atoms with Gasteiger partial charge in [0.05, 0.1) is 5.92 Å². The highest BCUT2D eigenvalue weighted by atomic mass is 16.7. The lowest BCUT2D eigenvalue weighted by molar-refractivity contribution is -0.141. The van der Waals surface area contributed by atoms with Gasteiger partial charge in [0, 0.05) is 5.46 Å². The monoisotopic (exact) mass is 252 g/mol. The maximum absolute atomic E-state index is 10.8. The third-order valence-electron chi connectivity index (χ3n) is 2.87. The summed E-state index contributed by atoms with van der Waals surface area (Å²) in [5.74, 6) is -0.848. The molecule has 6 nitrogen and oxygen atoms in total. The minimum Gasteiger partial charge on any atom is -0.481 e. The van der Waals surface area contributed by atoms with Gasteiger partial charge in [-0.2, -0.15) is 0 Å². The van der Waals surface area contributed by atoms with Gasteiger partial charge >= 0.3 is 13.1 Å². The zero-order chi connectivity index (χ0) is 13.3. The highest BCUT2D eigenvalue weighted by molar-refractivity contribution is 6.60. The van der Waals surface area contributed by atoms with Crippen LogP contribution in [0, 0.1) is 5.92 Å². The summed E-state index contributed by atoms with van der Waals surface area (Å²) in [6, 6.07) is 3.26. The van der Waals surface area contributed by atoms with E-state index in [0.29, 0.717) is 11.3 Å². The summed E-state index contributed by atoms with van der Waals surface area (Å²) in [5, 5.41) is 27.7. The second kappa shape index (κ2) is 4.87. The number of carboxylic acid groups (broad SMARTS) is 1. The van der Waals surface area contributed by atoms with Crippen molar-refractivity contribution < 1.29 is 29.4 Å². The van der Waals surface area contributed by atoms with E-state index in [4.69, 9.17) is 14.6 Å². The van der Waals surface area contributed by atoms with Gasteiger partial charge in [0.1, 0.15) is 0 Å². The van der Waals surface area contributed by atoms with Crippen LogP contribution >= 0.6 is 0 Å². The van der Waals surface area contributed by atoms with E-state index < -0.39 is 19.0 Å². The van der Waals surface area contributed by atoms with Crippen LogP contribution in [0.4, 0.5) is 0 Å². The first kappa shape index (κ1) is 12.7. The lowest BCUT2D eigenvalue weighted by Crippen LogP contribution is -2.35. The molecule has 0 fully saturated rings. The summed E-state index contributed by atoms with van der Waals surface area (Å²) in [7, 11) is -1.72. The van der Waals surface area contributed by atoms with Crippen molar-refractivity contribution in [1.29, 1.82) is 0 Å². The highest BCUT2D eigenvalue weighted by Crippen LogP contribution is 2.31. The molecule has 1 aromatic carbocycles. The fourth-order valence-corrected chi connectivity index (χ4v) is 1.91. The molecule has 1 atom stereocenters. The summed E-state index contributed by atoms with van der Waals surface area (Å²) in [6.45, 7) is 1.58. The maximum atomic E-state index is 10.8. The summed E-state index contributed by atoms with van der Waals surface area (Å²) in [6.07, 6.45) is 0.193. The largest absolute Gasteiger partial charge is 0.492 e. The number of rotatable bonds is 4. The van der Waals surface area contributed by atoms with Gasteiger partial charge < -0.3 is 24.6 Å². The normalized spacial score (nSPS) is 14.4. The zero-order valence-corrected chi connectivity index (χ0v) is 9.79. The van der Waals surface area contributed by atoms with Gasteiger partial charge in [0.25, 0.3) is 0 Å². The summed E-state index contributed by atoms with van der Waals surface area (Å²) in [4.78, 5) is 10.8. The molecule has 18 heavy (non-hydrogen) atoms. The van der Waals surface area contributed by atoms with Gasteiger partial charge in [-0.25, -0.2) is 0 Å². The fraction of sp³-hybridized carbons (Fsp3) is 0.364. The van der Waals surface area contributed by atoms with Crippen LogP contribution in [-0.2, 0) is 11.2 Å². The molecule has 1 heterocycles. The van der Waals surface area contributed by atoms with Gasteiger partial charge in [-0.05, 0) is 18.1 Å². The standard InChI is InChI=1S/C11H13BO6/c1-6(11(13)14)4-7-2-3-8-10(18-5-17-8)9(7)12(15)16/h2-3,6,15-16H,4-5H2,1H3,(H,13,14). The Labute approximate surface area is 104 Å². The number of hydrogen-bond donors (Lipinski definition) is 3. The molecule has 96 valence electrons. The molecule has 0 saturated heterocycles. The lowest BCUT2D eigenvalue weighted by Gasteiger charge is -2.13. The lowest BCUT2D eigenvalue weighted by atomic mass is 9.74. The van der Waals surface area contributed by atoms with Gasteiger partial charge in [-0.15, -0.1) is 0 Å². The van der Waals surface area contributed by atoms with E-state index in [0.717, 1.165) is 0 Å². The predicted octanol–water partition coefficient (Wildman–Crippen LogP) is -0.642. The molecule has 0 radical (unpaired) electrons. The molecule has 1 aliphatic rings. The number of ether oxygens (including phenoxy) is 2. The molecule has 0 aliphatic carbocycles. The smallest absolute Gasteiger partial charge is 0.481 e. The average Bonchev–Trinajstić information content (AvgIpc) is 2.75.